The summed E-state index contributed by atoms with van der Waals surface area (Å²) in [4.78, 5) is 0. The lowest BCUT2D eigenvalue weighted by Gasteiger charge is -2.28. The average molecular weight is 193 g/mol. The van der Waals surface area contributed by atoms with Crippen molar-refractivity contribution >= 4 is 0 Å². The molecule has 0 bridgehead atoms. The van der Waals surface area contributed by atoms with Crippen molar-refractivity contribution in [3.05, 3.63) is 0 Å². The number of nitrogens with zero attached hydrogens (tertiary/aromatic N) is 2. The highest BCUT2D eigenvalue weighted by Crippen LogP contribution is 2.51. The van der Waals surface area contributed by atoms with Crippen molar-refractivity contribution in [3.63, 3.8) is 0 Å². The van der Waals surface area contributed by atoms with Gasteiger partial charge in [0.25, 0.3) is 5.66 Å². The van der Waals surface area contributed by atoms with E-state index in [1.54, 1.807) is 0 Å². The fourth-order valence-electron chi connectivity index (χ4n) is 1.76. The molecule has 0 spiro atoms. The highest BCUT2D eigenvalue weighted by Gasteiger charge is 2.67. The van der Waals surface area contributed by atoms with Gasteiger partial charge in [-0.1, -0.05) is 0 Å². The van der Waals surface area contributed by atoms with Crippen LogP contribution in [0, 0.1) is 5.92 Å². The minimum atomic E-state index is -4.31. The molecule has 1 unspecified atom stereocenters. The molecule has 0 aliphatic carbocycles. The quantitative estimate of drug-likeness (QED) is 0.676. The molecule has 0 aromatic carbocycles. The second-order valence-electron chi connectivity index (χ2n) is 3.47. The SMILES string of the molecule is FC(F)(F)C1(C2CCCNC2)N=N1. The Morgan fingerprint density at radius 2 is 2.00 bits per heavy atom. The summed E-state index contributed by atoms with van der Waals surface area (Å²) >= 11 is 0. The standard InChI is InChI=1S/C7H10F3N3/c8-7(9,10)6(12-13-6)5-2-1-3-11-4-5/h5,11H,1-4H2. The zero-order valence-corrected chi connectivity index (χ0v) is 6.93. The van der Waals surface area contributed by atoms with Crippen LogP contribution < -0.4 is 5.32 Å². The molecule has 6 heteroatoms. The molecule has 2 heterocycles. The van der Waals surface area contributed by atoms with E-state index in [0.29, 0.717) is 13.0 Å². The average Bonchev–Trinajstić information content (AvgIpc) is 2.84. The number of nitrogens with one attached hydrogen (secondary N) is 1. The summed E-state index contributed by atoms with van der Waals surface area (Å²) in [5, 5.41) is 9.31. The van der Waals surface area contributed by atoms with Crippen molar-refractivity contribution in [1.29, 1.82) is 0 Å². The van der Waals surface area contributed by atoms with E-state index in [4.69, 9.17) is 0 Å². The normalized spacial score (nSPS) is 31.8. The Bertz CT molecular complexity index is 224. The maximum absolute atomic E-state index is 12.5. The molecule has 0 amide bonds. The minimum Gasteiger partial charge on any atom is -0.316 e. The second kappa shape index (κ2) is 2.67. The van der Waals surface area contributed by atoms with E-state index in [1.165, 1.54) is 0 Å². The number of hydrogen-bond donors (Lipinski definition) is 1. The summed E-state index contributed by atoms with van der Waals surface area (Å²) in [6, 6.07) is 0. The molecule has 13 heavy (non-hydrogen) atoms. The molecule has 0 radical (unpaired) electrons. The first-order valence-corrected chi connectivity index (χ1v) is 4.28. The van der Waals surface area contributed by atoms with Gasteiger partial charge in [0.05, 0.1) is 0 Å². The van der Waals surface area contributed by atoms with Crippen LogP contribution in [0.1, 0.15) is 12.8 Å². The number of rotatable bonds is 1. The predicted molar refractivity (Wildman–Crippen MR) is 39.2 cm³/mol. The van der Waals surface area contributed by atoms with Crippen LogP contribution in [-0.4, -0.2) is 24.9 Å². The Hall–Kier alpha value is -0.650. The second-order valence-corrected chi connectivity index (χ2v) is 3.47. The Kier molecular flexibility index (Phi) is 1.83. The lowest BCUT2D eigenvalue weighted by atomic mass is 9.88. The Balaban J connectivity index is 2.06. The summed E-state index contributed by atoms with van der Waals surface area (Å²) < 4.78 is 37.4. The van der Waals surface area contributed by atoms with Crippen molar-refractivity contribution in [2.24, 2.45) is 16.1 Å². The Morgan fingerprint density at radius 3 is 2.38 bits per heavy atom. The van der Waals surface area contributed by atoms with Crippen LogP contribution in [0.3, 0.4) is 0 Å². The summed E-state index contributed by atoms with van der Waals surface area (Å²) in [6.45, 7) is 1.16. The molecule has 0 saturated carbocycles. The molecule has 1 saturated heterocycles. The molecular formula is C7H10F3N3. The molecular weight excluding hydrogens is 183 g/mol. The molecule has 2 rings (SSSR count). The van der Waals surface area contributed by atoms with Crippen LogP contribution in [0.25, 0.3) is 0 Å². The molecule has 0 aromatic heterocycles. The van der Waals surface area contributed by atoms with E-state index in [1.807, 2.05) is 0 Å². The molecule has 74 valence electrons. The summed E-state index contributed by atoms with van der Waals surface area (Å²) in [7, 11) is 0. The molecule has 2 aliphatic heterocycles. The van der Waals surface area contributed by atoms with E-state index in [0.717, 1.165) is 13.0 Å². The van der Waals surface area contributed by atoms with Gasteiger partial charge < -0.3 is 5.32 Å². The first kappa shape index (κ1) is 8.93. The molecule has 1 atom stereocenters. The zero-order chi connectivity index (χ0) is 9.53. The lowest BCUT2D eigenvalue weighted by Crippen LogP contribution is -2.46. The fraction of sp³-hybridized carbons (Fsp3) is 1.00. The van der Waals surface area contributed by atoms with Crippen LogP contribution >= 0.6 is 0 Å². The topological polar surface area (TPSA) is 36.8 Å². The monoisotopic (exact) mass is 193 g/mol. The summed E-state index contributed by atoms with van der Waals surface area (Å²) in [5.41, 5.74) is -2.06. The molecule has 1 N–H and O–H groups in total. The zero-order valence-electron chi connectivity index (χ0n) is 6.93. The Morgan fingerprint density at radius 1 is 1.31 bits per heavy atom. The highest BCUT2D eigenvalue weighted by atomic mass is 19.4. The van der Waals surface area contributed by atoms with Gasteiger partial charge >= 0.3 is 6.18 Å². The number of alkyl halides is 3. The van der Waals surface area contributed by atoms with Crippen LogP contribution in [0.15, 0.2) is 10.2 Å². The van der Waals surface area contributed by atoms with Crippen molar-refractivity contribution in [2.45, 2.75) is 24.7 Å². The third kappa shape index (κ3) is 1.33. The van der Waals surface area contributed by atoms with Gasteiger partial charge in [0.15, 0.2) is 0 Å². The first-order valence-electron chi connectivity index (χ1n) is 4.28. The minimum absolute atomic E-state index is 0.368. The van der Waals surface area contributed by atoms with Crippen LogP contribution in [-0.2, 0) is 0 Å². The van der Waals surface area contributed by atoms with E-state index < -0.39 is 17.8 Å². The maximum atomic E-state index is 12.5. The van der Waals surface area contributed by atoms with Gasteiger partial charge in [0.1, 0.15) is 0 Å². The predicted octanol–water partition coefficient (Wildman–Crippen LogP) is 1.71. The largest absolute Gasteiger partial charge is 0.438 e. The fourth-order valence-corrected chi connectivity index (χ4v) is 1.76. The number of hydrogen-bond acceptors (Lipinski definition) is 3. The molecule has 3 nitrogen and oxygen atoms in total. The lowest BCUT2D eigenvalue weighted by molar-refractivity contribution is -0.177. The third-order valence-electron chi connectivity index (χ3n) is 2.60. The van der Waals surface area contributed by atoms with E-state index >= 15 is 0 Å². The number of piperidine rings is 1. The van der Waals surface area contributed by atoms with Gasteiger partial charge in [-0.15, -0.1) is 10.2 Å². The van der Waals surface area contributed by atoms with Crippen molar-refractivity contribution in [1.82, 2.24) is 5.32 Å². The smallest absolute Gasteiger partial charge is 0.316 e. The van der Waals surface area contributed by atoms with Crippen LogP contribution in [0.5, 0.6) is 0 Å². The van der Waals surface area contributed by atoms with Crippen LogP contribution in [0.2, 0.25) is 0 Å². The molecule has 2 aliphatic rings. The summed E-state index contributed by atoms with van der Waals surface area (Å²) in [5.74, 6) is -0.499. The third-order valence-corrected chi connectivity index (χ3v) is 2.60. The maximum Gasteiger partial charge on any atom is 0.438 e. The van der Waals surface area contributed by atoms with Crippen LogP contribution in [0.4, 0.5) is 13.2 Å². The van der Waals surface area contributed by atoms with Crippen molar-refractivity contribution < 1.29 is 13.2 Å². The van der Waals surface area contributed by atoms with Gasteiger partial charge in [0, 0.05) is 12.5 Å². The summed E-state index contributed by atoms with van der Waals surface area (Å²) in [6.07, 6.45) is -2.98. The molecule has 1 fully saturated rings. The van der Waals surface area contributed by atoms with E-state index in [2.05, 4.69) is 15.5 Å². The molecule has 0 aromatic rings. The van der Waals surface area contributed by atoms with Gasteiger partial charge in [-0.3, -0.25) is 0 Å². The van der Waals surface area contributed by atoms with Gasteiger partial charge in [-0.2, -0.15) is 13.2 Å². The van der Waals surface area contributed by atoms with Gasteiger partial charge in [-0.05, 0) is 19.4 Å². The first-order chi connectivity index (χ1) is 6.06. The highest BCUT2D eigenvalue weighted by molar-refractivity contribution is 5.06. The number of halogens is 3. The van der Waals surface area contributed by atoms with Gasteiger partial charge in [0.2, 0.25) is 0 Å². The van der Waals surface area contributed by atoms with E-state index in [9.17, 15) is 13.2 Å². The van der Waals surface area contributed by atoms with Crippen molar-refractivity contribution in [3.8, 4) is 0 Å². The van der Waals surface area contributed by atoms with Crippen molar-refractivity contribution in [2.75, 3.05) is 13.1 Å². The van der Waals surface area contributed by atoms with Gasteiger partial charge in [-0.25, -0.2) is 0 Å². The van der Waals surface area contributed by atoms with E-state index in [-0.39, 0.29) is 0 Å². The Labute approximate surface area is 73.4 Å².